The maximum Gasteiger partial charge on any atom is 0.251 e. The second-order valence-corrected chi connectivity index (χ2v) is 6.49. The molecule has 138 valence electrons. The fourth-order valence-corrected chi connectivity index (χ4v) is 2.94. The zero-order chi connectivity index (χ0) is 18.2. The molecule has 5 nitrogen and oxygen atoms in total. The summed E-state index contributed by atoms with van der Waals surface area (Å²) in [5.41, 5.74) is 1.74. The maximum absolute atomic E-state index is 12.4. The fraction of sp³-hybridized carbons (Fsp3) is 0.381. The van der Waals surface area contributed by atoms with E-state index in [4.69, 9.17) is 9.47 Å². The van der Waals surface area contributed by atoms with Crippen LogP contribution in [0.3, 0.4) is 0 Å². The van der Waals surface area contributed by atoms with Gasteiger partial charge in [-0.1, -0.05) is 24.3 Å². The predicted molar refractivity (Wildman–Crippen MR) is 103 cm³/mol. The molecule has 1 atom stereocenters. The van der Waals surface area contributed by atoms with E-state index in [0.29, 0.717) is 24.5 Å². The maximum atomic E-state index is 12.4. The summed E-state index contributed by atoms with van der Waals surface area (Å²) >= 11 is 0. The van der Waals surface area contributed by atoms with E-state index in [1.807, 2.05) is 37.4 Å². The van der Waals surface area contributed by atoms with Crippen LogP contribution in [0.5, 0.6) is 5.75 Å². The molecule has 1 fully saturated rings. The second kappa shape index (κ2) is 9.25. The minimum absolute atomic E-state index is 0.0889. The molecule has 3 rings (SSSR count). The van der Waals surface area contributed by atoms with Gasteiger partial charge in [-0.15, -0.1) is 0 Å². The molecule has 26 heavy (non-hydrogen) atoms. The zero-order valence-electron chi connectivity index (χ0n) is 15.2. The molecular formula is C21H26N2O3. The van der Waals surface area contributed by atoms with Gasteiger partial charge in [-0.3, -0.25) is 4.79 Å². The molecule has 2 aromatic rings. The number of ether oxygens (including phenoxy) is 2. The van der Waals surface area contributed by atoms with Crippen molar-refractivity contribution in [3.8, 4) is 5.75 Å². The molecule has 1 aliphatic heterocycles. The molecule has 1 saturated heterocycles. The van der Waals surface area contributed by atoms with Crippen LogP contribution in [0.4, 0.5) is 5.69 Å². The van der Waals surface area contributed by atoms with Crippen LogP contribution in [-0.4, -0.2) is 45.4 Å². The minimum atomic E-state index is -0.0889. The first-order valence-corrected chi connectivity index (χ1v) is 9.11. The third kappa shape index (κ3) is 5.23. The first-order chi connectivity index (χ1) is 12.7. The van der Waals surface area contributed by atoms with Crippen LogP contribution in [0, 0.1) is 0 Å². The molecule has 1 aliphatic rings. The lowest BCUT2D eigenvalue weighted by atomic mass is 10.2. The van der Waals surface area contributed by atoms with Gasteiger partial charge in [0.25, 0.3) is 5.91 Å². The molecule has 1 heterocycles. The van der Waals surface area contributed by atoms with Crippen LogP contribution in [-0.2, 0) is 4.74 Å². The Labute approximate surface area is 154 Å². The summed E-state index contributed by atoms with van der Waals surface area (Å²) in [4.78, 5) is 14.5. The van der Waals surface area contributed by atoms with Gasteiger partial charge in [0.05, 0.1) is 6.10 Å². The normalized spacial score (nSPS) is 16.3. The van der Waals surface area contributed by atoms with Gasteiger partial charge in [0.2, 0.25) is 0 Å². The number of nitrogens with zero attached hydrogens (tertiary/aromatic N) is 1. The second-order valence-electron chi connectivity index (χ2n) is 6.49. The molecule has 0 radical (unpaired) electrons. The number of amides is 1. The van der Waals surface area contributed by atoms with Gasteiger partial charge in [-0.05, 0) is 43.2 Å². The monoisotopic (exact) mass is 354 g/mol. The number of para-hydroxylation sites is 1. The van der Waals surface area contributed by atoms with Gasteiger partial charge in [0, 0.05) is 38.0 Å². The van der Waals surface area contributed by atoms with Crippen LogP contribution in [0.25, 0.3) is 0 Å². The van der Waals surface area contributed by atoms with Crippen molar-refractivity contribution in [2.45, 2.75) is 18.9 Å². The lowest BCUT2D eigenvalue weighted by Crippen LogP contribution is -2.33. The van der Waals surface area contributed by atoms with Crippen LogP contribution in [0.15, 0.2) is 54.6 Å². The van der Waals surface area contributed by atoms with E-state index < -0.39 is 0 Å². The lowest BCUT2D eigenvalue weighted by molar-refractivity contribution is 0.0679. The predicted octanol–water partition coefficient (Wildman–Crippen LogP) is 3.11. The molecule has 0 aliphatic carbocycles. The zero-order valence-corrected chi connectivity index (χ0v) is 15.2. The summed E-state index contributed by atoms with van der Waals surface area (Å²) in [7, 11) is 2.01. The van der Waals surface area contributed by atoms with Gasteiger partial charge in [-0.25, -0.2) is 0 Å². The summed E-state index contributed by atoms with van der Waals surface area (Å²) in [5, 5.41) is 2.96. The number of carbonyl (C=O) groups excluding carboxylic acids is 1. The molecule has 0 aromatic heterocycles. The third-order valence-electron chi connectivity index (χ3n) is 4.49. The highest BCUT2D eigenvalue weighted by molar-refractivity contribution is 5.94. The molecule has 2 aromatic carbocycles. The van der Waals surface area contributed by atoms with Crippen molar-refractivity contribution in [3.63, 3.8) is 0 Å². The van der Waals surface area contributed by atoms with E-state index in [1.165, 1.54) is 0 Å². The average molecular weight is 354 g/mol. The van der Waals surface area contributed by atoms with E-state index in [1.54, 1.807) is 12.1 Å². The molecule has 5 heteroatoms. The average Bonchev–Trinajstić information content (AvgIpc) is 3.21. The smallest absolute Gasteiger partial charge is 0.251 e. The van der Waals surface area contributed by atoms with E-state index in [0.717, 1.165) is 31.7 Å². The quantitative estimate of drug-likeness (QED) is 0.791. The number of benzene rings is 2. The van der Waals surface area contributed by atoms with Crippen LogP contribution in [0.2, 0.25) is 0 Å². The van der Waals surface area contributed by atoms with Crippen molar-refractivity contribution in [2.75, 3.05) is 38.3 Å². The summed E-state index contributed by atoms with van der Waals surface area (Å²) in [6.45, 7) is 2.66. The Morgan fingerprint density at radius 2 is 2.08 bits per heavy atom. The van der Waals surface area contributed by atoms with E-state index >= 15 is 0 Å². The SMILES string of the molecule is CN(CCNC(=O)c1cccc(OCC2CCCO2)c1)c1ccccc1. The highest BCUT2D eigenvalue weighted by Gasteiger charge is 2.16. The Balaban J connectivity index is 1.46. The summed E-state index contributed by atoms with van der Waals surface area (Å²) < 4.78 is 11.3. The molecule has 0 saturated carbocycles. The summed E-state index contributed by atoms with van der Waals surface area (Å²) in [6, 6.07) is 17.4. The number of carbonyl (C=O) groups is 1. The largest absolute Gasteiger partial charge is 0.491 e. The van der Waals surface area contributed by atoms with Gasteiger partial charge < -0.3 is 19.7 Å². The third-order valence-corrected chi connectivity index (χ3v) is 4.49. The number of nitrogens with one attached hydrogen (secondary N) is 1. The van der Waals surface area contributed by atoms with Crippen LogP contribution in [0.1, 0.15) is 23.2 Å². The van der Waals surface area contributed by atoms with Crippen molar-refractivity contribution in [1.82, 2.24) is 5.32 Å². The Bertz CT molecular complexity index is 699. The number of hydrogen-bond donors (Lipinski definition) is 1. The molecule has 0 spiro atoms. The number of anilines is 1. The molecule has 1 unspecified atom stereocenters. The Hall–Kier alpha value is -2.53. The van der Waals surface area contributed by atoms with Crippen LogP contribution < -0.4 is 15.0 Å². The summed E-state index contributed by atoms with van der Waals surface area (Å²) in [5.74, 6) is 0.614. The van der Waals surface area contributed by atoms with Gasteiger partial charge in [0.1, 0.15) is 12.4 Å². The number of likely N-dealkylation sites (N-methyl/N-ethyl adjacent to an activating group) is 1. The van der Waals surface area contributed by atoms with Crippen molar-refractivity contribution >= 4 is 11.6 Å². The number of hydrogen-bond acceptors (Lipinski definition) is 4. The molecular weight excluding hydrogens is 328 g/mol. The minimum Gasteiger partial charge on any atom is -0.491 e. The topological polar surface area (TPSA) is 50.8 Å². The molecule has 1 amide bonds. The highest BCUT2D eigenvalue weighted by atomic mass is 16.5. The van der Waals surface area contributed by atoms with Crippen molar-refractivity contribution in [1.29, 1.82) is 0 Å². The van der Waals surface area contributed by atoms with Crippen molar-refractivity contribution in [3.05, 3.63) is 60.2 Å². The highest BCUT2D eigenvalue weighted by Crippen LogP contribution is 2.17. The summed E-state index contributed by atoms with van der Waals surface area (Å²) in [6.07, 6.45) is 2.30. The molecule has 0 bridgehead atoms. The number of rotatable bonds is 8. The van der Waals surface area contributed by atoms with E-state index in [2.05, 4.69) is 22.3 Å². The van der Waals surface area contributed by atoms with Gasteiger partial charge >= 0.3 is 0 Å². The van der Waals surface area contributed by atoms with E-state index in [9.17, 15) is 4.79 Å². The first kappa shape index (κ1) is 18.3. The van der Waals surface area contributed by atoms with Gasteiger partial charge in [-0.2, -0.15) is 0 Å². The standard InChI is InChI=1S/C21H26N2O3/c1-23(18-8-3-2-4-9-18)13-12-22-21(24)17-7-5-10-19(15-17)26-16-20-11-6-14-25-20/h2-5,7-10,15,20H,6,11-14,16H2,1H3,(H,22,24). The Morgan fingerprint density at radius 3 is 2.85 bits per heavy atom. The van der Waals surface area contributed by atoms with Crippen molar-refractivity contribution in [2.24, 2.45) is 0 Å². The Kier molecular flexibility index (Phi) is 6.50. The van der Waals surface area contributed by atoms with Gasteiger partial charge in [0.15, 0.2) is 0 Å². The fourth-order valence-electron chi connectivity index (χ4n) is 2.94. The molecule has 1 N–H and O–H groups in total. The van der Waals surface area contributed by atoms with E-state index in [-0.39, 0.29) is 12.0 Å². The van der Waals surface area contributed by atoms with Crippen LogP contribution >= 0.6 is 0 Å². The van der Waals surface area contributed by atoms with Crippen molar-refractivity contribution < 1.29 is 14.3 Å². The lowest BCUT2D eigenvalue weighted by Gasteiger charge is -2.19. The Morgan fingerprint density at radius 1 is 1.23 bits per heavy atom. The first-order valence-electron chi connectivity index (χ1n) is 9.11.